The van der Waals surface area contributed by atoms with Crippen molar-refractivity contribution in [1.82, 2.24) is 4.31 Å². The van der Waals surface area contributed by atoms with Gasteiger partial charge >= 0.3 is 0 Å². The molecular formula is C16H26N2O2S. The Kier molecular flexibility index (Phi) is 5.79. The van der Waals surface area contributed by atoms with Gasteiger partial charge in [-0.3, -0.25) is 0 Å². The molecule has 4 nitrogen and oxygen atoms in total. The molecule has 2 rings (SSSR count). The molecule has 1 aliphatic rings. The van der Waals surface area contributed by atoms with Crippen LogP contribution in [0, 0.1) is 0 Å². The molecule has 1 saturated heterocycles. The van der Waals surface area contributed by atoms with Crippen molar-refractivity contribution in [2.24, 2.45) is 5.73 Å². The minimum Gasteiger partial charge on any atom is -0.326 e. The Morgan fingerprint density at radius 3 is 2.24 bits per heavy atom. The van der Waals surface area contributed by atoms with Crippen molar-refractivity contribution >= 4 is 10.0 Å². The summed E-state index contributed by atoms with van der Waals surface area (Å²) in [6, 6.07) is 5.39. The Bertz CT molecular complexity index is 562. The SMILES string of the molecule is CCc1ccc(S(=O)(=O)N2CCCCCCC2)cc1CN. The number of hydrogen-bond donors (Lipinski definition) is 1. The van der Waals surface area contributed by atoms with Crippen LogP contribution in [0.2, 0.25) is 0 Å². The smallest absolute Gasteiger partial charge is 0.243 e. The average molecular weight is 310 g/mol. The molecule has 0 aromatic heterocycles. The van der Waals surface area contributed by atoms with Crippen molar-refractivity contribution in [2.75, 3.05) is 13.1 Å². The van der Waals surface area contributed by atoms with Gasteiger partial charge in [0.25, 0.3) is 0 Å². The number of nitrogens with zero attached hydrogens (tertiary/aromatic N) is 1. The zero-order valence-electron chi connectivity index (χ0n) is 12.8. The Morgan fingerprint density at radius 2 is 1.67 bits per heavy atom. The van der Waals surface area contributed by atoms with Crippen molar-refractivity contribution < 1.29 is 8.42 Å². The topological polar surface area (TPSA) is 63.4 Å². The molecule has 21 heavy (non-hydrogen) atoms. The number of hydrogen-bond acceptors (Lipinski definition) is 3. The summed E-state index contributed by atoms with van der Waals surface area (Å²) in [6.45, 7) is 3.71. The molecule has 0 saturated carbocycles. The molecule has 0 amide bonds. The Labute approximate surface area is 128 Å². The first-order valence-electron chi connectivity index (χ1n) is 7.91. The minimum atomic E-state index is -3.38. The summed E-state index contributed by atoms with van der Waals surface area (Å²) in [7, 11) is -3.38. The van der Waals surface area contributed by atoms with Crippen LogP contribution < -0.4 is 5.73 Å². The van der Waals surface area contributed by atoms with Gasteiger partial charge in [0, 0.05) is 19.6 Å². The third-order valence-electron chi connectivity index (χ3n) is 4.23. The molecule has 0 atom stereocenters. The average Bonchev–Trinajstić information content (AvgIpc) is 2.45. The van der Waals surface area contributed by atoms with Gasteiger partial charge in [-0.2, -0.15) is 4.31 Å². The number of nitrogens with two attached hydrogens (primary N) is 1. The predicted octanol–water partition coefficient (Wildman–Crippen LogP) is 2.66. The molecular weight excluding hydrogens is 284 g/mol. The molecule has 1 heterocycles. The van der Waals surface area contributed by atoms with Gasteiger partial charge < -0.3 is 5.73 Å². The fourth-order valence-electron chi connectivity index (χ4n) is 2.91. The second kappa shape index (κ2) is 7.38. The monoisotopic (exact) mass is 310 g/mol. The number of aryl methyl sites for hydroxylation is 1. The van der Waals surface area contributed by atoms with E-state index in [-0.39, 0.29) is 0 Å². The fraction of sp³-hybridized carbons (Fsp3) is 0.625. The Morgan fingerprint density at radius 1 is 1.05 bits per heavy atom. The molecule has 0 aliphatic carbocycles. The highest BCUT2D eigenvalue weighted by molar-refractivity contribution is 7.89. The van der Waals surface area contributed by atoms with Crippen LogP contribution in [0.25, 0.3) is 0 Å². The van der Waals surface area contributed by atoms with E-state index in [0.717, 1.165) is 43.2 Å². The van der Waals surface area contributed by atoms with E-state index in [0.29, 0.717) is 24.5 Å². The molecule has 118 valence electrons. The number of sulfonamides is 1. The third-order valence-corrected chi connectivity index (χ3v) is 6.13. The summed E-state index contributed by atoms with van der Waals surface area (Å²) in [4.78, 5) is 0.390. The van der Waals surface area contributed by atoms with Gasteiger partial charge in [0.2, 0.25) is 10.0 Å². The summed E-state index contributed by atoms with van der Waals surface area (Å²) >= 11 is 0. The highest BCUT2D eigenvalue weighted by Crippen LogP contribution is 2.22. The Hall–Kier alpha value is -0.910. The molecule has 1 aromatic rings. The summed E-state index contributed by atoms with van der Waals surface area (Å²) in [5.41, 5.74) is 7.82. The maximum Gasteiger partial charge on any atom is 0.243 e. The zero-order chi connectivity index (χ0) is 15.3. The van der Waals surface area contributed by atoms with Gasteiger partial charge in [-0.15, -0.1) is 0 Å². The fourth-order valence-corrected chi connectivity index (χ4v) is 4.47. The molecule has 5 heteroatoms. The minimum absolute atomic E-state index is 0.381. The van der Waals surface area contributed by atoms with Crippen LogP contribution in [0.4, 0.5) is 0 Å². The largest absolute Gasteiger partial charge is 0.326 e. The normalized spacial score (nSPS) is 18.2. The van der Waals surface area contributed by atoms with E-state index in [1.54, 1.807) is 16.4 Å². The summed E-state index contributed by atoms with van der Waals surface area (Å²) in [6.07, 6.45) is 6.24. The standard InChI is InChI=1S/C16H26N2O2S/c1-2-14-8-9-16(12-15(14)13-17)21(19,20)18-10-6-4-3-5-7-11-18/h8-9,12H,2-7,10-11,13,17H2,1H3. The third kappa shape index (κ3) is 3.84. The van der Waals surface area contributed by atoms with Gasteiger partial charge in [0.1, 0.15) is 0 Å². The zero-order valence-corrected chi connectivity index (χ0v) is 13.7. The second-order valence-electron chi connectivity index (χ2n) is 5.66. The highest BCUT2D eigenvalue weighted by atomic mass is 32.2. The maximum absolute atomic E-state index is 12.8. The lowest BCUT2D eigenvalue weighted by atomic mass is 10.1. The summed E-state index contributed by atoms with van der Waals surface area (Å²) < 4.78 is 27.3. The lowest BCUT2D eigenvalue weighted by Crippen LogP contribution is -2.34. The van der Waals surface area contributed by atoms with Crippen LogP contribution >= 0.6 is 0 Å². The first-order chi connectivity index (χ1) is 10.1. The van der Waals surface area contributed by atoms with E-state index in [9.17, 15) is 8.42 Å². The van der Waals surface area contributed by atoms with Crippen LogP contribution in [0.3, 0.4) is 0 Å². The van der Waals surface area contributed by atoms with Crippen molar-refractivity contribution in [2.45, 2.75) is 56.9 Å². The van der Waals surface area contributed by atoms with Crippen LogP contribution in [0.15, 0.2) is 23.1 Å². The maximum atomic E-state index is 12.8. The number of benzene rings is 1. The van der Waals surface area contributed by atoms with Crippen molar-refractivity contribution in [3.05, 3.63) is 29.3 Å². The van der Waals surface area contributed by atoms with Gasteiger partial charge in [-0.05, 0) is 42.5 Å². The molecule has 0 spiro atoms. The second-order valence-corrected chi connectivity index (χ2v) is 7.60. The van der Waals surface area contributed by atoms with Crippen molar-refractivity contribution in [3.8, 4) is 0 Å². The Balaban J connectivity index is 2.29. The van der Waals surface area contributed by atoms with Crippen LogP contribution in [-0.4, -0.2) is 25.8 Å². The summed E-state index contributed by atoms with van der Waals surface area (Å²) in [5.74, 6) is 0. The quantitative estimate of drug-likeness (QED) is 0.930. The molecule has 0 bridgehead atoms. The van der Waals surface area contributed by atoms with E-state index in [1.807, 2.05) is 6.07 Å². The summed E-state index contributed by atoms with van der Waals surface area (Å²) in [5, 5.41) is 0. The molecule has 2 N–H and O–H groups in total. The van der Waals surface area contributed by atoms with Gasteiger partial charge in [0.05, 0.1) is 4.90 Å². The van der Waals surface area contributed by atoms with Gasteiger partial charge in [-0.25, -0.2) is 8.42 Å². The molecule has 1 fully saturated rings. The van der Waals surface area contributed by atoms with Crippen molar-refractivity contribution in [1.29, 1.82) is 0 Å². The first kappa shape index (κ1) is 16.5. The lowest BCUT2D eigenvalue weighted by Gasteiger charge is -2.24. The predicted molar refractivity (Wildman–Crippen MR) is 85.6 cm³/mol. The number of rotatable bonds is 4. The highest BCUT2D eigenvalue weighted by Gasteiger charge is 2.25. The first-order valence-corrected chi connectivity index (χ1v) is 9.35. The van der Waals surface area contributed by atoms with Crippen LogP contribution in [-0.2, 0) is 23.0 Å². The lowest BCUT2D eigenvalue weighted by molar-refractivity contribution is 0.364. The van der Waals surface area contributed by atoms with Gasteiger partial charge in [-0.1, -0.05) is 32.3 Å². The van der Waals surface area contributed by atoms with Crippen LogP contribution in [0.5, 0.6) is 0 Å². The van der Waals surface area contributed by atoms with Crippen molar-refractivity contribution in [3.63, 3.8) is 0 Å². The molecule has 0 radical (unpaired) electrons. The molecule has 0 unspecified atom stereocenters. The molecule has 1 aliphatic heterocycles. The van der Waals surface area contributed by atoms with E-state index in [4.69, 9.17) is 5.73 Å². The van der Waals surface area contributed by atoms with Gasteiger partial charge in [0.15, 0.2) is 0 Å². The molecule has 1 aromatic carbocycles. The van der Waals surface area contributed by atoms with E-state index < -0.39 is 10.0 Å². The van der Waals surface area contributed by atoms with E-state index in [2.05, 4.69) is 6.92 Å². The van der Waals surface area contributed by atoms with Crippen LogP contribution in [0.1, 0.15) is 50.2 Å². The van der Waals surface area contributed by atoms with E-state index in [1.165, 1.54) is 6.42 Å². The van der Waals surface area contributed by atoms with E-state index >= 15 is 0 Å².